The van der Waals surface area contributed by atoms with E-state index in [1.54, 1.807) is 43.5 Å². The number of methoxy groups -OCH3 is 1. The van der Waals surface area contributed by atoms with Crippen molar-refractivity contribution in [3.63, 3.8) is 0 Å². The van der Waals surface area contributed by atoms with E-state index in [9.17, 15) is 4.79 Å². The van der Waals surface area contributed by atoms with Gasteiger partial charge in [0.15, 0.2) is 5.13 Å². The molecule has 3 rings (SSSR count). The Morgan fingerprint density at radius 1 is 1.23 bits per heavy atom. The summed E-state index contributed by atoms with van der Waals surface area (Å²) in [5.74, 6) is 0.335. The van der Waals surface area contributed by atoms with E-state index in [0.29, 0.717) is 32.0 Å². The Labute approximate surface area is 140 Å². The molecular weight excluding hydrogens is 343 g/mol. The lowest BCUT2D eigenvalue weighted by Crippen LogP contribution is -2.11. The molecule has 0 aliphatic carbocycles. The second-order valence-corrected chi connectivity index (χ2v) is 6.31. The van der Waals surface area contributed by atoms with Crippen molar-refractivity contribution in [1.29, 1.82) is 0 Å². The topological polar surface area (TPSA) is 51.2 Å². The van der Waals surface area contributed by atoms with Crippen LogP contribution in [0.2, 0.25) is 10.0 Å². The lowest BCUT2D eigenvalue weighted by Gasteiger charge is -2.01. The van der Waals surface area contributed by atoms with Crippen LogP contribution in [0.3, 0.4) is 0 Å². The quantitative estimate of drug-likeness (QED) is 0.731. The van der Waals surface area contributed by atoms with Gasteiger partial charge in [-0.15, -0.1) is 0 Å². The van der Waals surface area contributed by atoms with Crippen molar-refractivity contribution in [2.45, 2.75) is 0 Å². The van der Waals surface area contributed by atoms with Crippen molar-refractivity contribution >= 4 is 55.8 Å². The van der Waals surface area contributed by atoms with Gasteiger partial charge >= 0.3 is 0 Å². The molecule has 0 aliphatic heterocycles. The van der Waals surface area contributed by atoms with Gasteiger partial charge in [-0.2, -0.15) is 0 Å². The van der Waals surface area contributed by atoms with Crippen molar-refractivity contribution in [3.05, 3.63) is 52.0 Å². The normalized spacial score (nSPS) is 10.7. The highest BCUT2D eigenvalue weighted by atomic mass is 35.5. The molecule has 0 fully saturated rings. The summed E-state index contributed by atoms with van der Waals surface area (Å²) in [5, 5.41) is 4.33. The van der Waals surface area contributed by atoms with Crippen LogP contribution in [0.4, 0.5) is 5.13 Å². The summed E-state index contributed by atoms with van der Waals surface area (Å²) >= 11 is 13.2. The molecule has 0 saturated carbocycles. The molecule has 1 N–H and O–H groups in total. The molecular formula is C15H10Cl2N2O2S. The van der Waals surface area contributed by atoms with Crippen LogP contribution in [-0.4, -0.2) is 18.0 Å². The lowest BCUT2D eigenvalue weighted by molar-refractivity contribution is 0.102. The number of aromatic nitrogens is 1. The largest absolute Gasteiger partial charge is 0.495 e. The van der Waals surface area contributed by atoms with Crippen LogP contribution in [0.5, 0.6) is 5.75 Å². The highest BCUT2D eigenvalue weighted by molar-refractivity contribution is 7.22. The van der Waals surface area contributed by atoms with Crippen molar-refractivity contribution in [1.82, 2.24) is 4.98 Å². The van der Waals surface area contributed by atoms with Crippen LogP contribution in [0.1, 0.15) is 10.4 Å². The van der Waals surface area contributed by atoms with E-state index in [2.05, 4.69) is 10.3 Å². The maximum Gasteiger partial charge on any atom is 0.257 e. The van der Waals surface area contributed by atoms with Gasteiger partial charge in [-0.3, -0.25) is 10.1 Å². The number of fused-ring (bicyclic) bond motifs is 1. The highest BCUT2D eigenvalue weighted by Crippen LogP contribution is 2.34. The predicted molar refractivity (Wildman–Crippen MR) is 90.6 cm³/mol. The van der Waals surface area contributed by atoms with Crippen LogP contribution < -0.4 is 10.1 Å². The van der Waals surface area contributed by atoms with E-state index in [-0.39, 0.29) is 5.91 Å². The van der Waals surface area contributed by atoms with Gasteiger partial charge in [-0.05, 0) is 30.3 Å². The Kier molecular flexibility index (Phi) is 4.20. The van der Waals surface area contributed by atoms with Gasteiger partial charge < -0.3 is 4.74 Å². The van der Waals surface area contributed by atoms with Crippen molar-refractivity contribution in [2.24, 2.45) is 0 Å². The number of carbonyl (C=O) groups excluding carboxylic acids is 1. The lowest BCUT2D eigenvalue weighted by atomic mass is 10.2. The monoisotopic (exact) mass is 352 g/mol. The van der Waals surface area contributed by atoms with Gasteiger partial charge in [0.25, 0.3) is 5.91 Å². The second-order valence-electron chi connectivity index (χ2n) is 4.43. The number of halogens is 2. The molecule has 1 amide bonds. The molecule has 0 aliphatic rings. The molecule has 1 heterocycles. The van der Waals surface area contributed by atoms with Gasteiger partial charge in [-0.1, -0.05) is 34.5 Å². The number of carbonyl (C=O) groups is 1. The number of hydrogen-bond donors (Lipinski definition) is 1. The molecule has 0 bridgehead atoms. The Morgan fingerprint density at radius 2 is 1.95 bits per heavy atom. The minimum atomic E-state index is -0.242. The molecule has 4 nitrogen and oxygen atoms in total. The fourth-order valence-electron chi connectivity index (χ4n) is 1.91. The molecule has 0 unspecified atom stereocenters. The summed E-state index contributed by atoms with van der Waals surface area (Å²) in [6.07, 6.45) is 0. The van der Waals surface area contributed by atoms with Crippen molar-refractivity contribution in [2.75, 3.05) is 12.4 Å². The van der Waals surface area contributed by atoms with E-state index in [1.807, 2.05) is 0 Å². The summed E-state index contributed by atoms with van der Waals surface area (Å²) in [4.78, 5) is 16.5. The van der Waals surface area contributed by atoms with E-state index in [4.69, 9.17) is 27.9 Å². The summed E-state index contributed by atoms with van der Waals surface area (Å²) in [7, 11) is 1.55. The summed E-state index contributed by atoms with van der Waals surface area (Å²) in [6, 6.07) is 10.2. The maximum absolute atomic E-state index is 12.2. The van der Waals surface area contributed by atoms with Gasteiger partial charge in [-0.25, -0.2) is 4.98 Å². The third-order valence-corrected chi connectivity index (χ3v) is 4.47. The zero-order valence-corrected chi connectivity index (χ0v) is 13.7. The third-order valence-electron chi connectivity index (χ3n) is 2.99. The number of rotatable bonds is 3. The van der Waals surface area contributed by atoms with Crippen LogP contribution in [0.25, 0.3) is 10.2 Å². The number of nitrogens with zero attached hydrogens (tertiary/aromatic N) is 1. The molecule has 1 aromatic heterocycles. The van der Waals surface area contributed by atoms with E-state index in [0.717, 1.165) is 4.70 Å². The molecule has 3 aromatic rings. The number of benzene rings is 2. The number of amides is 1. The van der Waals surface area contributed by atoms with Gasteiger partial charge in [0.05, 0.1) is 22.3 Å². The third kappa shape index (κ3) is 3.02. The summed E-state index contributed by atoms with van der Waals surface area (Å²) in [6.45, 7) is 0. The first-order chi connectivity index (χ1) is 10.6. The minimum Gasteiger partial charge on any atom is -0.495 e. The zero-order valence-electron chi connectivity index (χ0n) is 11.4. The predicted octanol–water partition coefficient (Wildman–Crippen LogP) is 4.86. The highest BCUT2D eigenvalue weighted by Gasteiger charge is 2.12. The van der Waals surface area contributed by atoms with Crippen LogP contribution >= 0.6 is 34.5 Å². The maximum atomic E-state index is 12.2. The smallest absolute Gasteiger partial charge is 0.257 e. The average Bonchev–Trinajstić information content (AvgIpc) is 2.87. The summed E-state index contributed by atoms with van der Waals surface area (Å²) < 4.78 is 6.05. The average molecular weight is 353 g/mol. The molecule has 7 heteroatoms. The Morgan fingerprint density at radius 3 is 2.64 bits per heavy atom. The number of hydrogen-bond acceptors (Lipinski definition) is 4. The second kappa shape index (κ2) is 6.12. The van der Waals surface area contributed by atoms with Crippen molar-refractivity contribution < 1.29 is 9.53 Å². The minimum absolute atomic E-state index is 0.242. The summed E-state index contributed by atoms with van der Waals surface area (Å²) in [5.41, 5.74) is 1.22. The van der Waals surface area contributed by atoms with Crippen LogP contribution in [-0.2, 0) is 0 Å². The SMILES string of the molecule is COc1cc2sc(NC(=O)c3ccc(Cl)cc3)nc2cc1Cl. The van der Waals surface area contributed by atoms with Crippen molar-refractivity contribution in [3.8, 4) is 5.75 Å². The van der Waals surface area contributed by atoms with Gasteiger partial charge in [0, 0.05) is 16.7 Å². The molecule has 2 aromatic carbocycles. The molecule has 22 heavy (non-hydrogen) atoms. The standard InChI is InChI=1S/C15H10Cl2N2O2S/c1-21-12-7-13-11(6-10(12)17)18-15(22-13)19-14(20)8-2-4-9(16)5-3-8/h2-7H,1H3,(H,18,19,20). The number of thiazole rings is 1. The molecule has 0 spiro atoms. The zero-order chi connectivity index (χ0) is 15.7. The molecule has 0 radical (unpaired) electrons. The van der Waals surface area contributed by atoms with Gasteiger partial charge in [0.2, 0.25) is 0 Å². The first kappa shape index (κ1) is 15.1. The van der Waals surface area contributed by atoms with E-state index >= 15 is 0 Å². The van der Waals surface area contributed by atoms with E-state index < -0.39 is 0 Å². The Hall–Kier alpha value is -1.82. The first-order valence-corrected chi connectivity index (χ1v) is 7.85. The molecule has 0 saturated heterocycles. The Balaban J connectivity index is 1.87. The molecule has 0 atom stereocenters. The number of anilines is 1. The molecule has 112 valence electrons. The van der Waals surface area contributed by atoms with Crippen LogP contribution in [0.15, 0.2) is 36.4 Å². The first-order valence-electron chi connectivity index (χ1n) is 6.28. The van der Waals surface area contributed by atoms with Gasteiger partial charge in [0.1, 0.15) is 5.75 Å². The number of ether oxygens (including phenoxy) is 1. The van der Waals surface area contributed by atoms with E-state index in [1.165, 1.54) is 11.3 Å². The Bertz CT molecular complexity index is 847. The van der Waals surface area contributed by atoms with Crippen LogP contribution in [0, 0.1) is 0 Å². The fraction of sp³-hybridized carbons (Fsp3) is 0.0667. The fourth-order valence-corrected chi connectivity index (χ4v) is 3.14. The number of nitrogens with one attached hydrogen (secondary N) is 1.